The second-order valence-corrected chi connectivity index (χ2v) is 7.96. The predicted molar refractivity (Wildman–Crippen MR) is 126 cm³/mol. The van der Waals surface area contributed by atoms with Crippen LogP contribution in [0.1, 0.15) is 11.1 Å². The Morgan fingerprint density at radius 2 is 1.84 bits per heavy atom. The smallest absolute Gasteiger partial charge is 0.273 e. The first-order chi connectivity index (χ1) is 15.6. The molecule has 0 bridgehead atoms. The summed E-state index contributed by atoms with van der Waals surface area (Å²) in [4.78, 5) is 30.5. The maximum Gasteiger partial charge on any atom is 0.273 e. The van der Waals surface area contributed by atoms with E-state index < -0.39 is 5.91 Å². The van der Waals surface area contributed by atoms with Gasteiger partial charge in [0.1, 0.15) is 10.7 Å². The molecule has 0 radical (unpaired) electrons. The highest BCUT2D eigenvalue weighted by Gasteiger charge is 2.17. The minimum absolute atomic E-state index is 0.134. The normalized spacial score (nSPS) is 12.2. The molecule has 6 nitrogen and oxygen atoms in total. The van der Waals surface area contributed by atoms with E-state index in [1.807, 2.05) is 37.3 Å². The van der Waals surface area contributed by atoms with E-state index in [2.05, 4.69) is 10.3 Å². The fourth-order valence-corrected chi connectivity index (χ4v) is 4.27. The molecule has 32 heavy (non-hydrogen) atoms. The van der Waals surface area contributed by atoms with Crippen LogP contribution in [0.15, 0.2) is 83.9 Å². The highest BCUT2D eigenvalue weighted by molar-refractivity contribution is 7.07. The van der Waals surface area contributed by atoms with E-state index in [4.69, 9.17) is 0 Å². The third-order valence-corrected chi connectivity index (χ3v) is 5.86. The molecule has 4 aromatic rings. The van der Waals surface area contributed by atoms with Crippen LogP contribution in [0, 0.1) is 18.3 Å². The van der Waals surface area contributed by atoms with Crippen LogP contribution >= 0.6 is 11.3 Å². The summed E-state index contributed by atoms with van der Waals surface area (Å²) in [6.07, 6.45) is 5.00. The number of nitriles is 1. The molecular weight excluding hydrogens is 420 g/mol. The lowest BCUT2D eigenvalue weighted by molar-refractivity contribution is -0.111. The molecule has 7 heteroatoms. The number of para-hydroxylation sites is 2. The average molecular weight is 439 g/mol. The number of aromatic nitrogens is 2. The highest BCUT2D eigenvalue weighted by Crippen LogP contribution is 2.14. The summed E-state index contributed by atoms with van der Waals surface area (Å²) in [7, 11) is 0. The van der Waals surface area contributed by atoms with Gasteiger partial charge in [0.2, 0.25) is 0 Å². The molecule has 0 aliphatic rings. The maximum atomic E-state index is 13.3. The number of carbonyl (C=O) groups excluding carboxylic acids is 1. The topological polar surface area (TPSA) is 87.8 Å². The number of benzene rings is 2. The lowest BCUT2D eigenvalue weighted by atomic mass is 10.2. The van der Waals surface area contributed by atoms with Crippen LogP contribution in [0.4, 0.5) is 5.69 Å². The van der Waals surface area contributed by atoms with E-state index >= 15 is 0 Å². The Morgan fingerprint density at radius 1 is 1.09 bits per heavy atom. The molecule has 0 aliphatic carbocycles. The Hall–Kier alpha value is -4.28. The molecule has 0 atom stereocenters. The van der Waals surface area contributed by atoms with E-state index in [0.717, 1.165) is 22.5 Å². The van der Waals surface area contributed by atoms with Gasteiger partial charge in [-0.05, 0) is 48.4 Å². The molecular formula is C25H18N4O2S. The number of nitrogens with one attached hydrogen (secondary N) is 1. The number of pyridine rings is 1. The summed E-state index contributed by atoms with van der Waals surface area (Å²) < 4.78 is 2.07. The molecule has 2 aromatic carbocycles. The van der Waals surface area contributed by atoms with Gasteiger partial charge in [-0.25, -0.2) is 0 Å². The van der Waals surface area contributed by atoms with Crippen molar-refractivity contribution in [1.29, 1.82) is 5.26 Å². The van der Waals surface area contributed by atoms with E-state index in [0.29, 0.717) is 15.9 Å². The molecule has 1 N–H and O–H groups in total. The lowest BCUT2D eigenvalue weighted by Gasteiger charge is -2.08. The monoisotopic (exact) mass is 438 g/mol. The van der Waals surface area contributed by atoms with Gasteiger partial charge in [-0.15, -0.1) is 11.3 Å². The number of anilines is 1. The third-order valence-electron chi connectivity index (χ3n) is 4.77. The van der Waals surface area contributed by atoms with E-state index in [1.165, 1.54) is 4.57 Å². The number of carbonyl (C=O) groups is 1. The molecule has 2 aromatic heterocycles. The van der Waals surface area contributed by atoms with Crippen LogP contribution in [0.2, 0.25) is 0 Å². The van der Waals surface area contributed by atoms with Crippen molar-refractivity contribution in [3.63, 3.8) is 0 Å². The average Bonchev–Trinajstić information content (AvgIpc) is 3.12. The van der Waals surface area contributed by atoms with Crippen molar-refractivity contribution >= 4 is 34.6 Å². The van der Waals surface area contributed by atoms with Crippen LogP contribution in [0.25, 0.3) is 17.3 Å². The molecule has 0 saturated heterocycles. The quantitative estimate of drug-likeness (QED) is 0.531. The minimum Gasteiger partial charge on any atom is -0.321 e. The van der Waals surface area contributed by atoms with E-state index in [1.54, 1.807) is 60.9 Å². The van der Waals surface area contributed by atoms with Crippen molar-refractivity contribution in [3.8, 4) is 11.8 Å². The minimum atomic E-state index is -0.569. The number of thiazole rings is 1. The molecule has 4 rings (SSSR count). The van der Waals surface area contributed by atoms with E-state index in [9.17, 15) is 14.9 Å². The number of aryl methyl sites for hydroxylation is 1. The molecule has 0 saturated carbocycles. The number of hydrogen-bond donors (Lipinski definition) is 1. The second kappa shape index (κ2) is 9.25. The van der Waals surface area contributed by atoms with Crippen molar-refractivity contribution < 1.29 is 4.79 Å². The Balaban J connectivity index is 1.96. The molecule has 0 spiro atoms. The second-order valence-electron chi connectivity index (χ2n) is 6.93. The first kappa shape index (κ1) is 21.0. The molecule has 1 amide bonds. The van der Waals surface area contributed by atoms with Gasteiger partial charge < -0.3 is 5.32 Å². The zero-order valence-electron chi connectivity index (χ0n) is 17.1. The van der Waals surface area contributed by atoms with Crippen LogP contribution in [0.3, 0.4) is 0 Å². The van der Waals surface area contributed by atoms with Crippen LogP contribution in [0.5, 0.6) is 0 Å². The fraction of sp³-hybridized carbons (Fsp3) is 0.0400. The van der Waals surface area contributed by atoms with Gasteiger partial charge in [-0.2, -0.15) is 5.26 Å². The Morgan fingerprint density at radius 3 is 2.53 bits per heavy atom. The van der Waals surface area contributed by atoms with Gasteiger partial charge >= 0.3 is 0 Å². The first-order valence-corrected chi connectivity index (χ1v) is 10.6. The van der Waals surface area contributed by atoms with Gasteiger partial charge in [-0.3, -0.25) is 19.1 Å². The van der Waals surface area contributed by atoms with Crippen molar-refractivity contribution in [1.82, 2.24) is 9.55 Å². The van der Waals surface area contributed by atoms with Crippen molar-refractivity contribution in [2.75, 3.05) is 5.32 Å². The van der Waals surface area contributed by atoms with Crippen LogP contribution in [-0.2, 0) is 4.79 Å². The number of nitrogens with zero attached hydrogens (tertiary/aromatic N) is 3. The first-order valence-electron chi connectivity index (χ1n) is 9.79. The number of hydrogen-bond acceptors (Lipinski definition) is 5. The Bertz CT molecular complexity index is 1500. The predicted octanol–water partition coefficient (Wildman–Crippen LogP) is 2.74. The van der Waals surface area contributed by atoms with Crippen molar-refractivity contribution in [2.45, 2.75) is 6.92 Å². The fourth-order valence-electron chi connectivity index (χ4n) is 3.17. The third kappa shape index (κ3) is 4.26. The van der Waals surface area contributed by atoms with Crippen LogP contribution in [-0.4, -0.2) is 15.5 Å². The van der Waals surface area contributed by atoms with Crippen molar-refractivity contribution in [2.24, 2.45) is 0 Å². The van der Waals surface area contributed by atoms with Crippen LogP contribution < -0.4 is 20.1 Å². The summed E-state index contributed by atoms with van der Waals surface area (Å²) in [6, 6.07) is 21.9. The van der Waals surface area contributed by atoms with E-state index in [-0.39, 0.29) is 15.8 Å². The van der Waals surface area contributed by atoms with Gasteiger partial charge in [0.25, 0.3) is 11.5 Å². The lowest BCUT2D eigenvalue weighted by Crippen LogP contribution is -2.32. The molecule has 0 aliphatic heterocycles. The summed E-state index contributed by atoms with van der Waals surface area (Å²) in [5.74, 6) is -0.569. The van der Waals surface area contributed by atoms with Gasteiger partial charge in [0.15, 0.2) is 5.57 Å². The summed E-state index contributed by atoms with van der Waals surface area (Å²) in [5.41, 5.74) is 2.36. The molecule has 0 fully saturated rings. The van der Waals surface area contributed by atoms with Gasteiger partial charge in [-0.1, -0.05) is 42.5 Å². The summed E-state index contributed by atoms with van der Waals surface area (Å²) in [6.45, 7) is 1.87. The van der Waals surface area contributed by atoms with Crippen molar-refractivity contribution in [3.05, 3.63) is 110 Å². The Kier molecular flexibility index (Phi) is 6.06. The molecule has 156 valence electrons. The maximum absolute atomic E-state index is 13.3. The standard InChI is InChI=1S/C25H18N4O2S/c1-17-8-5-6-12-21(17)28-23(30)20(15-26)25-29(19-10-3-2-4-11-19)24(31)22(32-25)14-18-9-7-13-27-16-18/h2-14,16H,1H3,(H,28,30)/b22-14+,25-20+. The van der Waals surface area contributed by atoms with Gasteiger partial charge in [0, 0.05) is 18.1 Å². The highest BCUT2D eigenvalue weighted by atomic mass is 32.1. The zero-order valence-corrected chi connectivity index (χ0v) is 18.0. The number of rotatable bonds is 4. The molecule has 2 heterocycles. The van der Waals surface area contributed by atoms with Gasteiger partial charge in [0.05, 0.1) is 10.2 Å². The SMILES string of the molecule is Cc1ccccc1NC(=O)/C(C#N)=c1/s/c(=C/c2cccnc2)c(=O)n1-c1ccccc1. The Labute approximate surface area is 188 Å². The zero-order chi connectivity index (χ0) is 22.5. The summed E-state index contributed by atoms with van der Waals surface area (Å²) >= 11 is 1.10. The summed E-state index contributed by atoms with van der Waals surface area (Å²) in [5, 5.41) is 12.7. The number of amides is 1. The molecule has 0 unspecified atom stereocenters. The largest absolute Gasteiger partial charge is 0.321 e.